The number of anilines is 2. The standard InChI is InChI=1S/C17H15ClN4O2S2/c1-9-4-12(24-3)11(8-23)5-13(9)25-16-7-19-17(26-16)22-15-6-14(18)20-10(2)21-15/h4-8H,1-3H3,(H,19,20,21,22). The molecule has 0 atom stereocenters. The molecule has 1 aromatic carbocycles. The van der Waals surface area contributed by atoms with Crippen LogP contribution in [0.4, 0.5) is 10.9 Å². The Morgan fingerprint density at radius 3 is 2.77 bits per heavy atom. The first kappa shape index (κ1) is 18.6. The number of halogens is 1. The fourth-order valence-electron chi connectivity index (χ4n) is 2.23. The highest BCUT2D eigenvalue weighted by molar-refractivity contribution is 8.01. The van der Waals surface area contributed by atoms with Crippen molar-refractivity contribution in [3.63, 3.8) is 0 Å². The van der Waals surface area contributed by atoms with Crippen LogP contribution in [0.1, 0.15) is 21.7 Å². The van der Waals surface area contributed by atoms with Crippen molar-refractivity contribution in [2.45, 2.75) is 23.0 Å². The average molecular weight is 407 g/mol. The maximum absolute atomic E-state index is 11.2. The molecule has 0 fully saturated rings. The summed E-state index contributed by atoms with van der Waals surface area (Å²) >= 11 is 8.98. The van der Waals surface area contributed by atoms with Gasteiger partial charge in [-0.3, -0.25) is 4.79 Å². The number of aromatic nitrogens is 3. The van der Waals surface area contributed by atoms with E-state index in [0.29, 0.717) is 33.2 Å². The number of aryl methyl sites for hydroxylation is 2. The van der Waals surface area contributed by atoms with Gasteiger partial charge in [-0.1, -0.05) is 34.7 Å². The van der Waals surface area contributed by atoms with E-state index < -0.39 is 0 Å². The molecule has 0 aliphatic rings. The molecular formula is C17H15ClN4O2S2. The van der Waals surface area contributed by atoms with Crippen LogP contribution in [-0.2, 0) is 0 Å². The molecule has 0 aliphatic carbocycles. The van der Waals surface area contributed by atoms with Crippen LogP contribution in [0.3, 0.4) is 0 Å². The van der Waals surface area contributed by atoms with E-state index in [1.165, 1.54) is 11.3 Å². The highest BCUT2D eigenvalue weighted by Crippen LogP contribution is 2.38. The fraction of sp³-hybridized carbons (Fsp3) is 0.176. The van der Waals surface area contributed by atoms with E-state index in [1.54, 1.807) is 38.1 Å². The van der Waals surface area contributed by atoms with Crippen molar-refractivity contribution >= 4 is 51.9 Å². The normalized spacial score (nSPS) is 10.6. The number of benzene rings is 1. The lowest BCUT2D eigenvalue weighted by atomic mass is 10.1. The Hall–Kier alpha value is -2.16. The lowest BCUT2D eigenvalue weighted by Gasteiger charge is -2.09. The molecule has 3 aromatic rings. The van der Waals surface area contributed by atoms with Crippen LogP contribution in [0, 0.1) is 13.8 Å². The van der Waals surface area contributed by atoms with E-state index in [4.69, 9.17) is 16.3 Å². The first-order valence-electron chi connectivity index (χ1n) is 7.54. The molecule has 1 N–H and O–H groups in total. The van der Waals surface area contributed by atoms with Gasteiger partial charge < -0.3 is 10.1 Å². The summed E-state index contributed by atoms with van der Waals surface area (Å²) in [6.45, 7) is 3.75. The maximum Gasteiger partial charge on any atom is 0.189 e. The van der Waals surface area contributed by atoms with Crippen LogP contribution in [-0.4, -0.2) is 28.3 Å². The van der Waals surface area contributed by atoms with Crippen molar-refractivity contribution in [3.05, 3.63) is 46.5 Å². The fourth-order valence-corrected chi connectivity index (χ4v) is 4.42. The molecule has 0 saturated heterocycles. The number of hydrogen-bond acceptors (Lipinski definition) is 8. The van der Waals surface area contributed by atoms with Gasteiger partial charge in [0.15, 0.2) is 11.4 Å². The monoisotopic (exact) mass is 406 g/mol. The van der Waals surface area contributed by atoms with Gasteiger partial charge >= 0.3 is 0 Å². The molecular weight excluding hydrogens is 392 g/mol. The Balaban J connectivity index is 1.79. The molecule has 0 radical (unpaired) electrons. The number of rotatable bonds is 6. The van der Waals surface area contributed by atoms with Crippen molar-refractivity contribution in [1.29, 1.82) is 0 Å². The second-order valence-corrected chi connectivity index (χ2v) is 8.07. The van der Waals surface area contributed by atoms with Gasteiger partial charge in [-0.15, -0.1) is 0 Å². The molecule has 0 spiro atoms. The summed E-state index contributed by atoms with van der Waals surface area (Å²) in [7, 11) is 1.55. The summed E-state index contributed by atoms with van der Waals surface area (Å²) in [5.74, 6) is 1.75. The summed E-state index contributed by atoms with van der Waals surface area (Å²) in [5, 5.41) is 4.20. The van der Waals surface area contributed by atoms with Gasteiger partial charge in [0.1, 0.15) is 22.5 Å². The highest BCUT2D eigenvalue weighted by atomic mass is 35.5. The summed E-state index contributed by atoms with van der Waals surface area (Å²) < 4.78 is 6.21. The molecule has 2 heterocycles. The number of hydrogen-bond donors (Lipinski definition) is 1. The lowest BCUT2D eigenvalue weighted by molar-refractivity contribution is 0.112. The zero-order chi connectivity index (χ0) is 18.7. The zero-order valence-corrected chi connectivity index (χ0v) is 16.6. The van der Waals surface area contributed by atoms with Crippen molar-refractivity contribution in [2.75, 3.05) is 12.4 Å². The van der Waals surface area contributed by atoms with Gasteiger partial charge in [0.05, 0.1) is 23.1 Å². The molecule has 134 valence electrons. The van der Waals surface area contributed by atoms with Gasteiger partial charge in [-0.05, 0) is 31.5 Å². The minimum Gasteiger partial charge on any atom is -0.496 e. The van der Waals surface area contributed by atoms with Gasteiger partial charge in [0.25, 0.3) is 0 Å². The molecule has 2 aromatic heterocycles. The second-order valence-electron chi connectivity index (χ2n) is 5.31. The van der Waals surface area contributed by atoms with E-state index in [9.17, 15) is 4.79 Å². The molecule has 0 unspecified atom stereocenters. The first-order valence-corrected chi connectivity index (χ1v) is 9.55. The SMILES string of the molecule is COc1cc(C)c(Sc2cnc(Nc3cc(Cl)nc(C)n3)s2)cc1C=O. The van der Waals surface area contributed by atoms with Crippen molar-refractivity contribution in [3.8, 4) is 5.75 Å². The van der Waals surface area contributed by atoms with Crippen LogP contribution in [0.15, 0.2) is 33.5 Å². The van der Waals surface area contributed by atoms with Gasteiger partial charge in [0.2, 0.25) is 0 Å². The largest absolute Gasteiger partial charge is 0.496 e. The number of ether oxygens (including phenoxy) is 1. The summed E-state index contributed by atoms with van der Waals surface area (Å²) in [6.07, 6.45) is 2.57. The Morgan fingerprint density at radius 2 is 2.08 bits per heavy atom. The number of methoxy groups -OCH3 is 1. The van der Waals surface area contributed by atoms with Crippen LogP contribution in [0.5, 0.6) is 5.75 Å². The van der Waals surface area contributed by atoms with Crippen LogP contribution < -0.4 is 10.1 Å². The van der Waals surface area contributed by atoms with Gasteiger partial charge in [-0.25, -0.2) is 15.0 Å². The summed E-state index contributed by atoms with van der Waals surface area (Å²) in [4.78, 5) is 24.9. The predicted octanol–water partition coefficient (Wildman–Crippen LogP) is 4.92. The Labute approximate surface area is 164 Å². The third-order valence-electron chi connectivity index (χ3n) is 3.39. The molecule has 3 rings (SSSR count). The second kappa shape index (κ2) is 8.03. The predicted molar refractivity (Wildman–Crippen MR) is 104 cm³/mol. The van der Waals surface area contributed by atoms with E-state index in [-0.39, 0.29) is 0 Å². The summed E-state index contributed by atoms with van der Waals surface area (Å²) in [6, 6.07) is 5.33. The molecule has 0 amide bonds. The van der Waals surface area contributed by atoms with E-state index in [1.807, 2.05) is 19.1 Å². The minimum atomic E-state index is 0.376. The number of carbonyl (C=O) groups excluding carboxylic acids is 1. The number of carbonyl (C=O) groups is 1. The number of thiazole rings is 1. The molecule has 26 heavy (non-hydrogen) atoms. The minimum absolute atomic E-state index is 0.376. The Kier molecular flexibility index (Phi) is 5.75. The lowest BCUT2D eigenvalue weighted by Crippen LogP contribution is -1.96. The van der Waals surface area contributed by atoms with Gasteiger partial charge in [0, 0.05) is 11.0 Å². The third-order valence-corrected chi connectivity index (χ3v) is 5.76. The number of nitrogens with zero attached hydrogens (tertiary/aromatic N) is 3. The topological polar surface area (TPSA) is 77.0 Å². The summed E-state index contributed by atoms with van der Waals surface area (Å²) in [5.41, 5.74) is 1.55. The van der Waals surface area contributed by atoms with Crippen LogP contribution >= 0.6 is 34.7 Å². The molecule has 6 nitrogen and oxygen atoms in total. The molecule has 0 bridgehead atoms. The quantitative estimate of drug-likeness (QED) is 0.459. The molecule has 0 saturated carbocycles. The molecule has 0 aliphatic heterocycles. The Bertz CT molecular complexity index is 942. The Morgan fingerprint density at radius 1 is 1.27 bits per heavy atom. The number of aldehydes is 1. The van der Waals surface area contributed by atoms with Crippen molar-refractivity contribution in [1.82, 2.24) is 15.0 Å². The highest BCUT2D eigenvalue weighted by Gasteiger charge is 2.11. The van der Waals surface area contributed by atoms with E-state index in [0.717, 1.165) is 21.0 Å². The number of nitrogens with one attached hydrogen (secondary N) is 1. The van der Waals surface area contributed by atoms with Gasteiger partial charge in [-0.2, -0.15) is 0 Å². The van der Waals surface area contributed by atoms with Crippen LogP contribution in [0.25, 0.3) is 0 Å². The average Bonchev–Trinajstić information content (AvgIpc) is 3.02. The molecule has 9 heteroatoms. The first-order chi connectivity index (χ1) is 12.5. The van der Waals surface area contributed by atoms with E-state index in [2.05, 4.69) is 20.3 Å². The maximum atomic E-state index is 11.2. The smallest absolute Gasteiger partial charge is 0.189 e. The zero-order valence-electron chi connectivity index (χ0n) is 14.2. The van der Waals surface area contributed by atoms with E-state index >= 15 is 0 Å². The van der Waals surface area contributed by atoms with Crippen LogP contribution in [0.2, 0.25) is 5.15 Å². The van der Waals surface area contributed by atoms with Crippen molar-refractivity contribution < 1.29 is 9.53 Å². The van der Waals surface area contributed by atoms with Crippen molar-refractivity contribution in [2.24, 2.45) is 0 Å². The third kappa shape index (κ3) is 4.32.